The lowest BCUT2D eigenvalue weighted by molar-refractivity contribution is 0.0701. The van der Waals surface area contributed by atoms with Gasteiger partial charge < -0.3 is 14.8 Å². The van der Waals surface area contributed by atoms with Crippen LogP contribution in [0.3, 0.4) is 0 Å². The van der Waals surface area contributed by atoms with Gasteiger partial charge in [-0.15, -0.1) is 11.3 Å². The van der Waals surface area contributed by atoms with Crippen molar-refractivity contribution in [2.24, 2.45) is 0 Å². The average molecular weight is 409 g/mol. The van der Waals surface area contributed by atoms with Gasteiger partial charge in [0.1, 0.15) is 21.3 Å². The number of nitrogens with one attached hydrogen (secondary N) is 1. The Morgan fingerprint density at radius 3 is 2.83 bits per heavy atom. The van der Waals surface area contributed by atoms with Crippen molar-refractivity contribution in [3.8, 4) is 5.75 Å². The third kappa shape index (κ3) is 2.94. The van der Waals surface area contributed by atoms with Crippen LogP contribution in [-0.2, 0) is 6.42 Å². The number of hydrogen-bond acceptors (Lipinski definition) is 5. The fourth-order valence-electron chi connectivity index (χ4n) is 2.49. The quantitative estimate of drug-likeness (QED) is 0.690. The highest BCUT2D eigenvalue weighted by Gasteiger charge is 2.18. The number of benzene rings is 1. The number of aromatic nitrogens is 2. The fourth-order valence-corrected chi connectivity index (χ4v) is 4.12. The molecular formula is C16H13BrN2O4S. The summed E-state index contributed by atoms with van der Waals surface area (Å²) in [5.41, 5.74) is 1.08. The van der Waals surface area contributed by atoms with Gasteiger partial charge in [-0.25, -0.2) is 9.78 Å². The SMILES string of the molecule is COc1ccc(Cc2nc3sc(C(=O)O)c(C)c3c(=O)[nH]2)cc1Br. The summed E-state index contributed by atoms with van der Waals surface area (Å²) in [5, 5.41) is 9.54. The number of aromatic amines is 1. The van der Waals surface area contributed by atoms with E-state index in [1.165, 1.54) is 0 Å². The zero-order valence-corrected chi connectivity index (χ0v) is 15.2. The molecule has 2 heterocycles. The normalized spacial score (nSPS) is 11.0. The van der Waals surface area contributed by atoms with Gasteiger partial charge in [-0.2, -0.15) is 0 Å². The van der Waals surface area contributed by atoms with E-state index < -0.39 is 5.97 Å². The number of H-pyrrole nitrogens is 1. The number of carbonyl (C=O) groups is 1. The predicted octanol–water partition coefficient (Wildman–Crippen LogP) is 3.35. The number of carboxylic acid groups (broad SMARTS) is 1. The van der Waals surface area contributed by atoms with Crippen LogP contribution in [0.4, 0.5) is 0 Å². The van der Waals surface area contributed by atoms with Crippen LogP contribution in [0.1, 0.15) is 26.6 Å². The molecule has 0 fully saturated rings. The molecule has 2 aromatic heterocycles. The Balaban J connectivity index is 2.03. The lowest BCUT2D eigenvalue weighted by Gasteiger charge is -2.06. The van der Waals surface area contributed by atoms with Crippen LogP contribution in [0, 0.1) is 6.92 Å². The first-order chi connectivity index (χ1) is 11.4. The van der Waals surface area contributed by atoms with E-state index in [1.54, 1.807) is 14.0 Å². The van der Waals surface area contributed by atoms with Crippen LogP contribution in [0.25, 0.3) is 10.2 Å². The maximum absolute atomic E-state index is 12.3. The molecule has 0 saturated heterocycles. The summed E-state index contributed by atoms with van der Waals surface area (Å²) in [6.07, 6.45) is 0.424. The summed E-state index contributed by atoms with van der Waals surface area (Å²) in [6.45, 7) is 1.62. The molecule has 0 atom stereocenters. The highest BCUT2D eigenvalue weighted by molar-refractivity contribution is 9.10. The van der Waals surface area contributed by atoms with Gasteiger partial charge in [0.05, 0.1) is 17.0 Å². The van der Waals surface area contributed by atoms with Crippen LogP contribution in [0.2, 0.25) is 0 Å². The molecule has 0 aliphatic carbocycles. The van der Waals surface area contributed by atoms with Crippen molar-refractivity contribution in [1.82, 2.24) is 9.97 Å². The number of aryl methyl sites for hydroxylation is 1. The minimum atomic E-state index is -1.05. The number of methoxy groups -OCH3 is 1. The molecule has 24 heavy (non-hydrogen) atoms. The molecule has 3 aromatic rings. The molecule has 0 radical (unpaired) electrons. The van der Waals surface area contributed by atoms with Crippen molar-refractivity contribution in [3.63, 3.8) is 0 Å². The number of ether oxygens (including phenoxy) is 1. The molecule has 0 amide bonds. The monoisotopic (exact) mass is 408 g/mol. The minimum Gasteiger partial charge on any atom is -0.496 e. The van der Waals surface area contributed by atoms with Gasteiger partial charge in [0.15, 0.2) is 0 Å². The number of halogens is 1. The lowest BCUT2D eigenvalue weighted by atomic mass is 10.1. The maximum Gasteiger partial charge on any atom is 0.346 e. The van der Waals surface area contributed by atoms with Gasteiger partial charge >= 0.3 is 5.97 Å². The summed E-state index contributed by atoms with van der Waals surface area (Å²) >= 11 is 4.44. The predicted molar refractivity (Wildman–Crippen MR) is 95.4 cm³/mol. The van der Waals surface area contributed by atoms with Crippen molar-refractivity contribution in [3.05, 3.63) is 54.9 Å². The zero-order chi connectivity index (χ0) is 17.4. The third-order valence-corrected chi connectivity index (χ3v) is 5.42. The average Bonchev–Trinajstić information content (AvgIpc) is 2.85. The molecule has 1 aromatic carbocycles. The van der Waals surface area contributed by atoms with E-state index in [4.69, 9.17) is 4.74 Å². The Bertz CT molecular complexity index is 1010. The van der Waals surface area contributed by atoms with Crippen LogP contribution >= 0.6 is 27.3 Å². The van der Waals surface area contributed by atoms with Crippen LogP contribution in [0.15, 0.2) is 27.5 Å². The molecule has 124 valence electrons. The Morgan fingerprint density at radius 2 is 2.21 bits per heavy atom. The summed E-state index contributed by atoms with van der Waals surface area (Å²) in [7, 11) is 1.59. The minimum absolute atomic E-state index is 0.146. The van der Waals surface area contributed by atoms with Crippen LogP contribution in [-0.4, -0.2) is 28.2 Å². The topological polar surface area (TPSA) is 92.3 Å². The van der Waals surface area contributed by atoms with Crippen molar-refractivity contribution >= 4 is 43.5 Å². The van der Waals surface area contributed by atoms with Gasteiger partial charge in [0, 0.05) is 6.42 Å². The number of carboxylic acids is 1. The first-order valence-electron chi connectivity index (χ1n) is 6.98. The molecule has 3 rings (SSSR count). The van der Waals surface area contributed by atoms with Gasteiger partial charge in [-0.3, -0.25) is 4.79 Å². The van der Waals surface area contributed by atoms with Crippen molar-refractivity contribution in [1.29, 1.82) is 0 Å². The lowest BCUT2D eigenvalue weighted by Crippen LogP contribution is -2.12. The Kier molecular flexibility index (Phi) is 4.42. The fraction of sp³-hybridized carbons (Fsp3) is 0.188. The second kappa shape index (κ2) is 6.37. The molecule has 0 aliphatic rings. The van der Waals surface area contributed by atoms with E-state index in [9.17, 15) is 14.7 Å². The molecular weight excluding hydrogens is 396 g/mol. The molecule has 6 nitrogen and oxygen atoms in total. The van der Waals surface area contributed by atoms with Gasteiger partial charge in [0.25, 0.3) is 5.56 Å². The molecule has 0 bridgehead atoms. The Labute approximate surface area is 149 Å². The second-order valence-corrected chi connectivity index (χ2v) is 7.05. The number of thiophene rings is 1. The second-order valence-electron chi connectivity index (χ2n) is 5.20. The van der Waals surface area contributed by atoms with E-state index >= 15 is 0 Å². The highest BCUT2D eigenvalue weighted by Crippen LogP contribution is 2.28. The number of hydrogen-bond donors (Lipinski definition) is 2. The van der Waals surface area contributed by atoms with Crippen molar-refractivity contribution < 1.29 is 14.6 Å². The van der Waals surface area contributed by atoms with Crippen LogP contribution < -0.4 is 10.3 Å². The van der Waals surface area contributed by atoms with E-state index in [-0.39, 0.29) is 10.4 Å². The van der Waals surface area contributed by atoms with Gasteiger partial charge in [0.2, 0.25) is 0 Å². The van der Waals surface area contributed by atoms with Gasteiger partial charge in [-0.1, -0.05) is 6.07 Å². The highest BCUT2D eigenvalue weighted by atomic mass is 79.9. The molecule has 2 N–H and O–H groups in total. The summed E-state index contributed by atoms with van der Waals surface area (Å²) < 4.78 is 6.00. The molecule has 8 heteroatoms. The summed E-state index contributed by atoms with van der Waals surface area (Å²) in [5.74, 6) is 0.161. The largest absolute Gasteiger partial charge is 0.496 e. The standard InChI is InChI=1S/C16H13BrN2O4S/c1-7-12-14(20)18-11(19-15(12)24-13(7)16(21)22)6-8-3-4-10(23-2)9(17)5-8/h3-5H,6H2,1-2H3,(H,21,22)(H,18,19,20). The van der Waals surface area contributed by atoms with E-state index in [0.29, 0.717) is 28.0 Å². The van der Waals surface area contributed by atoms with Crippen molar-refractivity contribution in [2.75, 3.05) is 7.11 Å². The first kappa shape index (κ1) is 16.7. The smallest absolute Gasteiger partial charge is 0.346 e. The first-order valence-corrected chi connectivity index (χ1v) is 8.59. The molecule has 0 spiro atoms. The Hall–Kier alpha value is -2.19. The summed E-state index contributed by atoms with van der Waals surface area (Å²) in [4.78, 5) is 31.3. The molecule has 0 unspecified atom stereocenters. The number of fused-ring (bicyclic) bond motifs is 1. The number of rotatable bonds is 4. The molecule has 0 saturated carbocycles. The van der Waals surface area contributed by atoms with Gasteiger partial charge in [-0.05, 0) is 46.1 Å². The van der Waals surface area contributed by atoms with E-state index in [1.807, 2.05) is 18.2 Å². The third-order valence-electron chi connectivity index (χ3n) is 3.63. The van der Waals surface area contributed by atoms with E-state index in [2.05, 4.69) is 25.9 Å². The van der Waals surface area contributed by atoms with E-state index in [0.717, 1.165) is 27.1 Å². The summed E-state index contributed by atoms with van der Waals surface area (Å²) in [6, 6.07) is 5.61. The number of aromatic carboxylic acids is 1. The maximum atomic E-state index is 12.3. The number of nitrogens with zero attached hydrogens (tertiary/aromatic N) is 1. The Morgan fingerprint density at radius 1 is 1.46 bits per heavy atom. The zero-order valence-electron chi connectivity index (χ0n) is 12.8. The van der Waals surface area contributed by atoms with Crippen molar-refractivity contribution in [2.45, 2.75) is 13.3 Å². The molecule has 0 aliphatic heterocycles. The van der Waals surface area contributed by atoms with Crippen LogP contribution in [0.5, 0.6) is 5.75 Å².